The second kappa shape index (κ2) is 8.52. The fourth-order valence-electron chi connectivity index (χ4n) is 3.83. The molecule has 5 nitrogen and oxygen atoms in total. The molecule has 1 aromatic rings. The number of primary amides is 1. The van der Waals surface area contributed by atoms with Crippen LogP contribution in [0.15, 0.2) is 0 Å². The van der Waals surface area contributed by atoms with Gasteiger partial charge in [0.25, 0.3) is 0 Å². The summed E-state index contributed by atoms with van der Waals surface area (Å²) in [5, 5.41) is 4.63. The van der Waals surface area contributed by atoms with Gasteiger partial charge in [-0.3, -0.25) is 4.79 Å². The largest absolute Gasteiger partial charge is 0.381 e. The number of thiophene rings is 1. The van der Waals surface area contributed by atoms with Crippen molar-refractivity contribution in [3.05, 3.63) is 16.0 Å². The first-order chi connectivity index (χ1) is 11.1. The minimum atomic E-state index is -0.282. The molecule has 1 amide bonds. The lowest BCUT2D eigenvalue weighted by atomic mass is 9.99. The molecule has 0 saturated carbocycles. The summed E-state index contributed by atoms with van der Waals surface area (Å²) in [6.07, 6.45) is 3.19. The fraction of sp³-hybridized carbons (Fsp3) is 0.706. The number of ether oxygens (including phenoxy) is 1. The van der Waals surface area contributed by atoms with Crippen molar-refractivity contribution in [2.24, 2.45) is 5.73 Å². The van der Waals surface area contributed by atoms with Gasteiger partial charge in [0.15, 0.2) is 0 Å². The first-order valence-corrected chi connectivity index (χ1v) is 9.43. The zero-order chi connectivity index (χ0) is 16.4. The Morgan fingerprint density at radius 3 is 2.62 bits per heavy atom. The number of halogens is 1. The summed E-state index contributed by atoms with van der Waals surface area (Å²) in [7, 11) is 0. The third kappa shape index (κ3) is 3.72. The van der Waals surface area contributed by atoms with Crippen molar-refractivity contribution in [1.29, 1.82) is 0 Å². The van der Waals surface area contributed by atoms with E-state index in [0.717, 1.165) is 63.2 Å². The van der Waals surface area contributed by atoms with Gasteiger partial charge in [0.05, 0.1) is 10.6 Å². The van der Waals surface area contributed by atoms with Gasteiger partial charge < -0.3 is 20.7 Å². The molecule has 1 unspecified atom stereocenters. The summed E-state index contributed by atoms with van der Waals surface area (Å²) < 4.78 is 5.50. The van der Waals surface area contributed by atoms with Gasteiger partial charge in [-0.1, -0.05) is 0 Å². The van der Waals surface area contributed by atoms with E-state index in [4.69, 9.17) is 10.5 Å². The van der Waals surface area contributed by atoms with Crippen molar-refractivity contribution in [2.45, 2.75) is 45.1 Å². The molecule has 7 heteroatoms. The normalized spacial score (nSPS) is 21.5. The highest BCUT2D eigenvalue weighted by atomic mass is 35.5. The smallest absolute Gasteiger partial charge is 0.250 e. The summed E-state index contributed by atoms with van der Waals surface area (Å²) in [5.41, 5.74) is 7.56. The van der Waals surface area contributed by atoms with E-state index < -0.39 is 0 Å². The molecule has 1 atom stereocenters. The number of rotatable bonds is 5. The molecule has 0 aliphatic carbocycles. The van der Waals surface area contributed by atoms with E-state index in [1.807, 2.05) is 0 Å². The van der Waals surface area contributed by atoms with Crippen LogP contribution in [0.1, 0.15) is 52.9 Å². The van der Waals surface area contributed by atoms with Crippen LogP contribution in [0.4, 0.5) is 5.00 Å². The van der Waals surface area contributed by atoms with E-state index in [9.17, 15) is 4.79 Å². The van der Waals surface area contributed by atoms with Crippen LogP contribution in [0.2, 0.25) is 0 Å². The molecular formula is C17H28ClN3O2S. The van der Waals surface area contributed by atoms with E-state index in [0.29, 0.717) is 12.0 Å². The third-order valence-corrected chi connectivity index (χ3v) is 6.55. The van der Waals surface area contributed by atoms with Gasteiger partial charge in [-0.05, 0) is 45.2 Å². The molecule has 0 bridgehead atoms. The van der Waals surface area contributed by atoms with Gasteiger partial charge in [-0.15, -0.1) is 23.7 Å². The molecule has 0 radical (unpaired) electrons. The highest BCUT2D eigenvalue weighted by Crippen LogP contribution is 2.42. The fourth-order valence-corrected chi connectivity index (χ4v) is 5.42. The molecule has 2 aliphatic rings. The van der Waals surface area contributed by atoms with Crippen molar-refractivity contribution in [2.75, 3.05) is 37.7 Å². The molecule has 0 spiro atoms. The molecule has 24 heavy (non-hydrogen) atoms. The monoisotopic (exact) mass is 373 g/mol. The van der Waals surface area contributed by atoms with E-state index >= 15 is 0 Å². The van der Waals surface area contributed by atoms with Crippen LogP contribution in [0.25, 0.3) is 0 Å². The van der Waals surface area contributed by atoms with Gasteiger partial charge in [0.1, 0.15) is 0 Å². The lowest BCUT2D eigenvalue weighted by Gasteiger charge is -2.34. The van der Waals surface area contributed by atoms with Crippen molar-refractivity contribution >= 4 is 34.7 Å². The molecular weight excluding hydrogens is 346 g/mol. The van der Waals surface area contributed by atoms with Gasteiger partial charge >= 0.3 is 0 Å². The molecule has 2 aliphatic heterocycles. The number of hydrogen-bond donors (Lipinski definition) is 2. The second-order valence-electron chi connectivity index (χ2n) is 6.46. The summed E-state index contributed by atoms with van der Waals surface area (Å²) in [6.45, 7) is 8.82. The summed E-state index contributed by atoms with van der Waals surface area (Å²) in [4.78, 5) is 15.7. The van der Waals surface area contributed by atoms with Crippen molar-refractivity contribution in [3.63, 3.8) is 0 Å². The first kappa shape index (κ1) is 19.5. The van der Waals surface area contributed by atoms with Crippen molar-refractivity contribution in [3.8, 4) is 0 Å². The number of carbonyl (C=O) groups excluding carboxylic acids is 1. The summed E-state index contributed by atoms with van der Waals surface area (Å²) >= 11 is 1.78. The van der Waals surface area contributed by atoms with Crippen LogP contribution in [0.5, 0.6) is 0 Å². The number of hydrogen-bond acceptors (Lipinski definition) is 5. The Kier molecular flexibility index (Phi) is 6.92. The molecule has 0 aromatic carbocycles. The van der Waals surface area contributed by atoms with Gasteiger partial charge in [-0.2, -0.15) is 0 Å². The van der Waals surface area contributed by atoms with Crippen molar-refractivity contribution < 1.29 is 9.53 Å². The molecule has 1 aromatic heterocycles. The van der Waals surface area contributed by atoms with Crippen LogP contribution in [-0.4, -0.2) is 44.8 Å². The van der Waals surface area contributed by atoms with Gasteiger partial charge in [0.2, 0.25) is 5.91 Å². The molecule has 3 N–H and O–H groups in total. The van der Waals surface area contributed by atoms with Crippen LogP contribution >= 0.6 is 23.7 Å². The number of amides is 1. The molecule has 136 valence electrons. The van der Waals surface area contributed by atoms with Crippen LogP contribution in [0.3, 0.4) is 0 Å². The maximum Gasteiger partial charge on any atom is 0.250 e. The van der Waals surface area contributed by atoms with E-state index in [1.165, 1.54) is 9.88 Å². The van der Waals surface area contributed by atoms with Crippen LogP contribution in [0, 0.1) is 6.92 Å². The molecule has 3 rings (SSSR count). The predicted octanol–water partition coefficient (Wildman–Crippen LogP) is 2.66. The van der Waals surface area contributed by atoms with Gasteiger partial charge in [0, 0.05) is 43.1 Å². The molecule has 2 saturated heterocycles. The summed E-state index contributed by atoms with van der Waals surface area (Å²) in [5.74, 6) is 0.137. The Hall–Kier alpha value is -0.820. The third-order valence-electron chi connectivity index (χ3n) is 5.06. The summed E-state index contributed by atoms with van der Waals surface area (Å²) in [6, 6.07) is 0.501. The van der Waals surface area contributed by atoms with Crippen LogP contribution < -0.4 is 16.0 Å². The Balaban J connectivity index is 0.00000208. The zero-order valence-electron chi connectivity index (χ0n) is 14.5. The maximum absolute atomic E-state index is 12.1. The Bertz CT molecular complexity index is 566. The number of anilines is 1. The number of nitrogens with two attached hydrogens (primary N) is 1. The average molecular weight is 374 g/mol. The number of nitrogens with one attached hydrogen (secondary N) is 1. The molecule has 3 heterocycles. The quantitative estimate of drug-likeness (QED) is 0.832. The lowest BCUT2D eigenvalue weighted by Crippen LogP contribution is -2.39. The second-order valence-corrected chi connectivity index (χ2v) is 7.49. The first-order valence-electron chi connectivity index (χ1n) is 8.61. The molecule has 2 fully saturated rings. The maximum atomic E-state index is 12.1. The lowest BCUT2D eigenvalue weighted by molar-refractivity contribution is 0.0847. The van der Waals surface area contributed by atoms with E-state index in [-0.39, 0.29) is 18.3 Å². The Labute approximate surface area is 154 Å². The van der Waals surface area contributed by atoms with Crippen LogP contribution in [-0.2, 0) is 4.74 Å². The number of nitrogens with zero attached hydrogens (tertiary/aromatic N) is 1. The highest BCUT2D eigenvalue weighted by molar-refractivity contribution is 7.16. The predicted molar refractivity (Wildman–Crippen MR) is 102 cm³/mol. The SMILES string of the molecule is CCN(c1sc(C2CCNC2)c(C(N)=O)c1C)C1CCOCC1.Cl. The number of carbonyl (C=O) groups is 1. The minimum absolute atomic E-state index is 0. The Morgan fingerprint density at radius 2 is 2.08 bits per heavy atom. The van der Waals surface area contributed by atoms with E-state index in [2.05, 4.69) is 24.1 Å². The van der Waals surface area contributed by atoms with Crippen molar-refractivity contribution in [1.82, 2.24) is 5.32 Å². The Morgan fingerprint density at radius 1 is 1.38 bits per heavy atom. The topological polar surface area (TPSA) is 67.6 Å². The van der Waals surface area contributed by atoms with Gasteiger partial charge in [-0.25, -0.2) is 0 Å². The zero-order valence-corrected chi connectivity index (χ0v) is 16.1. The highest BCUT2D eigenvalue weighted by Gasteiger charge is 2.31. The standard InChI is InChI=1S/C17H27N3O2S.ClH/c1-3-20(13-5-8-22-9-6-13)17-11(2)14(16(18)21)15(23-17)12-4-7-19-10-12;/h12-13,19H,3-10H2,1-2H3,(H2,18,21);1H. The van der Waals surface area contributed by atoms with E-state index in [1.54, 1.807) is 11.3 Å². The average Bonchev–Trinajstić information content (AvgIpc) is 3.18. The minimum Gasteiger partial charge on any atom is -0.381 e.